The first-order chi connectivity index (χ1) is 12.2. The first-order valence-corrected chi connectivity index (χ1v) is 10.4. The summed E-state index contributed by atoms with van der Waals surface area (Å²) in [5.74, 6) is -0.522. The molecule has 0 aromatic heterocycles. The molecule has 1 amide bonds. The highest BCUT2D eigenvalue weighted by molar-refractivity contribution is 7.89. The van der Waals surface area contributed by atoms with Crippen molar-refractivity contribution in [2.75, 3.05) is 19.6 Å². The Morgan fingerprint density at radius 3 is 2.31 bits per heavy atom. The largest absolute Gasteiger partial charge is 0.355 e. The van der Waals surface area contributed by atoms with E-state index in [1.807, 2.05) is 32.9 Å². The van der Waals surface area contributed by atoms with Gasteiger partial charge in [-0.15, -0.1) is 0 Å². The number of carbonyl (C=O) groups excluding carboxylic acids is 1. The minimum Gasteiger partial charge on any atom is -0.355 e. The van der Waals surface area contributed by atoms with E-state index < -0.39 is 10.0 Å². The van der Waals surface area contributed by atoms with E-state index >= 15 is 0 Å². The monoisotopic (exact) mass is 377 g/mol. The molecule has 1 saturated heterocycles. The normalized spacial score (nSPS) is 17.5. The maximum Gasteiger partial charge on any atom is 0.243 e. The fourth-order valence-electron chi connectivity index (χ4n) is 3.50. The van der Waals surface area contributed by atoms with Crippen LogP contribution in [0, 0.1) is 43.9 Å². The van der Waals surface area contributed by atoms with Crippen molar-refractivity contribution in [1.29, 1.82) is 5.26 Å². The Balaban J connectivity index is 2.06. The van der Waals surface area contributed by atoms with Crippen LogP contribution < -0.4 is 5.32 Å². The van der Waals surface area contributed by atoms with Gasteiger partial charge in [0, 0.05) is 25.6 Å². The Hall–Kier alpha value is -1.91. The summed E-state index contributed by atoms with van der Waals surface area (Å²) in [7, 11) is -3.56. The second kappa shape index (κ2) is 8.19. The van der Waals surface area contributed by atoms with Crippen molar-refractivity contribution in [1.82, 2.24) is 9.62 Å². The third-order valence-corrected chi connectivity index (χ3v) is 7.03. The Bertz CT molecular complexity index is 796. The fraction of sp³-hybridized carbons (Fsp3) is 0.579. The van der Waals surface area contributed by atoms with Gasteiger partial charge in [0.05, 0.1) is 16.9 Å². The Labute approximate surface area is 156 Å². The van der Waals surface area contributed by atoms with Gasteiger partial charge in [-0.05, 0) is 51.7 Å². The zero-order valence-corrected chi connectivity index (χ0v) is 16.7. The van der Waals surface area contributed by atoms with Gasteiger partial charge in [0.2, 0.25) is 15.9 Å². The molecule has 1 aliphatic heterocycles. The maximum atomic E-state index is 13.1. The molecular formula is C19H27N3O3S. The van der Waals surface area contributed by atoms with E-state index in [2.05, 4.69) is 11.4 Å². The summed E-state index contributed by atoms with van der Waals surface area (Å²) < 4.78 is 27.6. The van der Waals surface area contributed by atoms with E-state index in [-0.39, 0.29) is 17.7 Å². The third kappa shape index (κ3) is 4.43. The molecule has 142 valence electrons. The van der Waals surface area contributed by atoms with Crippen molar-refractivity contribution >= 4 is 15.9 Å². The molecule has 1 unspecified atom stereocenters. The minimum atomic E-state index is -3.56. The Morgan fingerprint density at radius 1 is 1.27 bits per heavy atom. The van der Waals surface area contributed by atoms with Crippen LogP contribution >= 0.6 is 0 Å². The predicted molar refractivity (Wildman–Crippen MR) is 99.9 cm³/mol. The number of piperidine rings is 1. The first-order valence-electron chi connectivity index (χ1n) is 8.92. The smallest absolute Gasteiger partial charge is 0.243 e. The van der Waals surface area contributed by atoms with Gasteiger partial charge in [-0.3, -0.25) is 4.79 Å². The zero-order valence-electron chi connectivity index (χ0n) is 15.9. The molecule has 0 radical (unpaired) electrons. The van der Waals surface area contributed by atoms with Crippen molar-refractivity contribution in [3.05, 3.63) is 28.8 Å². The van der Waals surface area contributed by atoms with Gasteiger partial charge in [0.1, 0.15) is 0 Å². The van der Waals surface area contributed by atoms with E-state index in [1.165, 1.54) is 4.31 Å². The molecule has 1 heterocycles. The lowest BCUT2D eigenvalue weighted by atomic mass is 9.97. The molecule has 7 heteroatoms. The molecule has 1 atom stereocenters. The quantitative estimate of drug-likeness (QED) is 0.852. The standard InChI is InChI=1S/C19H27N3O3S/c1-13-9-15(3)18(16(4)10-13)26(24,25)22-7-5-17(6-8-22)19(23)21-12-14(2)11-20/h9-10,14,17H,5-8,12H2,1-4H3,(H,21,23). The van der Waals surface area contributed by atoms with Crippen LogP contribution in [0.25, 0.3) is 0 Å². The average Bonchev–Trinajstić information content (AvgIpc) is 2.58. The highest BCUT2D eigenvalue weighted by Crippen LogP contribution is 2.28. The molecule has 0 spiro atoms. The van der Waals surface area contributed by atoms with Gasteiger partial charge in [0.25, 0.3) is 0 Å². The topological polar surface area (TPSA) is 90.3 Å². The number of sulfonamides is 1. The van der Waals surface area contributed by atoms with E-state index in [4.69, 9.17) is 5.26 Å². The number of carbonyl (C=O) groups is 1. The van der Waals surface area contributed by atoms with E-state index in [0.717, 1.165) is 16.7 Å². The molecular weight excluding hydrogens is 350 g/mol. The number of hydrogen-bond donors (Lipinski definition) is 1. The number of nitrogens with zero attached hydrogens (tertiary/aromatic N) is 2. The highest BCUT2D eigenvalue weighted by Gasteiger charge is 2.33. The Kier molecular flexibility index (Phi) is 6.43. The van der Waals surface area contributed by atoms with Crippen LogP contribution in [0.5, 0.6) is 0 Å². The average molecular weight is 378 g/mol. The van der Waals surface area contributed by atoms with Gasteiger partial charge < -0.3 is 5.32 Å². The molecule has 1 fully saturated rings. The zero-order chi connectivity index (χ0) is 19.5. The highest BCUT2D eigenvalue weighted by atomic mass is 32.2. The van der Waals surface area contributed by atoms with Crippen LogP contribution in [0.3, 0.4) is 0 Å². The number of rotatable bonds is 5. The number of nitriles is 1. The van der Waals surface area contributed by atoms with E-state index in [1.54, 1.807) is 6.92 Å². The summed E-state index contributed by atoms with van der Waals surface area (Å²) >= 11 is 0. The minimum absolute atomic E-state index is 0.0909. The van der Waals surface area contributed by atoms with Crippen LogP contribution in [0.2, 0.25) is 0 Å². The molecule has 1 aromatic carbocycles. The molecule has 0 bridgehead atoms. The summed E-state index contributed by atoms with van der Waals surface area (Å²) in [4.78, 5) is 12.6. The van der Waals surface area contributed by atoms with Crippen molar-refractivity contribution in [3.8, 4) is 6.07 Å². The second-order valence-electron chi connectivity index (χ2n) is 7.18. The number of hydrogen-bond acceptors (Lipinski definition) is 4. The van der Waals surface area contributed by atoms with Crippen LogP contribution in [0.15, 0.2) is 17.0 Å². The predicted octanol–water partition coefficient (Wildman–Crippen LogP) is 2.29. The second-order valence-corrected chi connectivity index (χ2v) is 9.06. The van der Waals surface area contributed by atoms with Gasteiger partial charge in [0.15, 0.2) is 0 Å². The lowest BCUT2D eigenvalue weighted by molar-refractivity contribution is -0.126. The molecule has 2 rings (SSSR count). The van der Waals surface area contributed by atoms with Crippen LogP contribution in [0.4, 0.5) is 0 Å². The van der Waals surface area contributed by atoms with Crippen LogP contribution in [-0.4, -0.2) is 38.3 Å². The van der Waals surface area contributed by atoms with Gasteiger partial charge in [-0.1, -0.05) is 17.7 Å². The van der Waals surface area contributed by atoms with Gasteiger partial charge in [-0.25, -0.2) is 8.42 Å². The van der Waals surface area contributed by atoms with Crippen LogP contribution in [-0.2, 0) is 14.8 Å². The number of amides is 1. The molecule has 6 nitrogen and oxygen atoms in total. The van der Waals surface area contributed by atoms with Crippen molar-refractivity contribution in [2.24, 2.45) is 11.8 Å². The number of aryl methyl sites for hydroxylation is 3. The molecule has 1 N–H and O–H groups in total. The third-order valence-electron chi connectivity index (χ3n) is 4.83. The summed E-state index contributed by atoms with van der Waals surface area (Å²) in [6.07, 6.45) is 0.992. The summed E-state index contributed by atoms with van der Waals surface area (Å²) in [5.41, 5.74) is 2.56. The SMILES string of the molecule is Cc1cc(C)c(S(=O)(=O)N2CCC(C(=O)NCC(C)C#N)CC2)c(C)c1. The summed E-state index contributed by atoms with van der Waals surface area (Å²) in [6.45, 7) is 8.35. The number of benzene rings is 1. The van der Waals surface area contributed by atoms with E-state index in [0.29, 0.717) is 37.4 Å². The lowest BCUT2D eigenvalue weighted by Gasteiger charge is -2.31. The lowest BCUT2D eigenvalue weighted by Crippen LogP contribution is -2.43. The van der Waals surface area contributed by atoms with Crippen molar-refractivity contribution in [2.45, 2.75) is 45.4 Å². The molecule has 1 aliphatic rings. The van der Waals surface area contributed by atoms with Crippen LogP contribution in [0.1, 0.15) is 36.5 Å². The first kappa shape index (κ1) is 20.4. The molecule has 1 aromatic rings. The van der Waals surface area contributed by atoms with E-state index in [9.17, 15) is 13.2 Å². The molecule has 0 saturated carbocycles. The fourth-order valence-corrected chi connectivity index (χ4v) is 5.39. The van der Waals surface area contributed by atoms with Crippen molar-refractivity contribution < 1.29 is 13.2 Å². The van der Waals surface area contributed by atoms with Gasteiger partial charge >= 0.3 is 0 Å². The maximum absolute atomic E-state index is 13.1. The molecule has 0 aliphatic carbocycles. The molecule has 26 heavy (non-hydrogen) atoms. The summed E-state index contributed by atoms with van der Waals surface area (Å²) in [6, 6.07) is 5.85. The Morgan fingerprint density at radius 2 is 1.81 bits per heavy atom. The van der Waals surface area contributed by atoms with Crippen molar-refractivity contribution in [3.63, 3.8) is 0 Å². The summed E-state index contributed by atoms with van der Waals surface area (Å²) in [5, 5.41) is 11.6. The number of nitrogens with one attached hydrogen (secondary N) is 1. The van der Waals surface area contributed by atoms with Gasteiger partial charge in [-0.2, -0.15) is 9.57 Å².